The summed E-state index contributed by atoms with van der Waals surface area (Å²) in [5, 5.41) is 13.9. The summed E-state index contributed by atoms with van der Waals surface area (Å²) in [6.07, 6.45) is 1.52. The van der Waals surface area contributed by atoms with Crippen LogP contribution in [0.1, 0.15) is 19.3 Å². The molecule has 0 saturated carbocycles. The van der Waals surface area contributed by atoms with E-state index in [-0.39, 0.29) is 6.04 Å². The quantitative estimate of drug-likeness (QED) is 0.625. The predicted molar refractivity (Wildman–Crippen MR) is 70.1 cm³/mol. The Morgan fingerprint density at radius 1 is 1.47 bits per heavy atom. The summed E-state index contributed by atoms with van der Waals surface area (Å²) >= 11 is 1.75. The Morgan fingerprint density at radius 3 is 2.74 bits per heavy atom. The standard InChI is InChI=1S/C11H18N2O5S/c1-18-9(14)5-8(10(15)16)13-11(17)12-7-3-2-4-19-6-7/h7-8H,2-6H2,1H3,(H,15,16)(H2,12,13,17)/t7?,8-/m0/s1. The predicted octanol–water partition coefficient (Wildman–Crippen LogP) is 0.198. The lowest BCUT2D eigenvalue weighted by Gasteiger charge is -2.23. The lowest BCUT2D eigenvalue weighted by atomic mass is 10.2. The van der Waals surface area contributed by atoms with Crippen LogP contribution in [0.5, 0.6) is 0 Å². The number of carbonyl (C=O) groups is 3. The van der Waals surface area contributed by atoms with Crippen molar-refractivity contribution in [2.45, 2.75) is 31.3 Å². The van der Waals surface area contributed by atoms with Gasteiger partial charge in [-0.05, 0) is 18.6 Å². The highest BCUT2D eigenvalue weighted by Gasteiger charge is 2.25. The molecule has 108 valence electrons. The highest BCUT2D eigenvalue weighted by atomic mass is 32.2. The fourth-order valence-electron chi connectivity index (χ4n) is 1.69. The van der Waals surface area contributed by atoms with E-state index in [1.54, 1.807) is 11.8 Å². The van der Waals surface area contributed by atoms with E-state index in [0.29, 0.717) is 0 Å². The van der Waals surface area contributed by atoms with Gasteiger partial charge in [0.05, 0.1) is 13.5 Å². The van der Waals surface area contributed by atoms with Gasteiger partial charge in [-0.2, -0.15) is 11.8 Å². The zero-order valence-corrected chi connectivity index (χ0v) is 11.5. The summed E-state index contributed by atoms with van der Waals surface area (Å²) in [5.74, 6) is -0.0401. The van der Waals surface area contributed by atoms with Crippen molar-refractivity contribution in [1.29, 1.82) is 0 Å². The third kappa shape index (κ3) is 5.82. The zero-order chi connectivity index (χ0) is 14.3. The summed E-state index contributed by atoms with van der Waals surface area (Å²) < 4.78 is 4.39. The minimum Gasteiger partial charge on any atom is -0.480 e. The maximum absolute atomic E-state index is 11.6. The normalized spacial score (nSPS) is 20.2. The number of carboxylic acid groups (broad SMARTS) is 1. The number of thioether (sulfide) groups is 1. The minimum atomic E-state index is -1.27. The number of urea groups is 1. The van der Waals surface area contributed by atoms with Crippen LogP contribution >= 0.6 is 11.8 Å². The molecule has 0 spiro atoms. The number of aliphatic carboxylic acids is 1. The number of hydrogen-bond donors (Lipinski definition) is 3. The molecule has 8 heteroatoms. The molecule has 2 atom stereocenters. The topological polar surface area (TPSA) is 105 Å². The number of nitrogens with one attached hydrogen (secondary N) is 2. The molecule has 7 nitrogen and oxygen atoms in total. The van der Waals surface area contributed by atoms with Crippen LogP contribution in [0, 0.1) is 0 Å². The van der Waals surface area contributed by atoms with E-state index in [2.05, 4.69) is 15.4 Å². The average Bonchev–Trinajstić information content (AvgIpc) is 2.38. The molecule has 1 heterocycles. The SMILES string of the molecule is COC(=O)C[C@H](NC(=O)NC1CCCSC1)C(=O)O. The molecule has 1 unspecified atom stereocenters. The van der Waals surface area contributed by atoms with Crippen LogP contribution in [0.25, 0.3) is 0 Å². The van der Waals surface area contributed by atoms with E-state index in [0.717, 1.165) is 24.3 Å². The molecular weight excluding hydrogens is 272 g/mol. The van der Waals surface area contributed by atoms with E-state index < -0.39 is 30.4 Å². The monoisotopic (exact) mass is 290 g/mol. The Hall–Kier alpha value is -1.44. The molecule has 0 aromatic rings. The first-order chi connectivity index (χ1) is 9.02. The van der Waals surface area contributed by atoms with Gasteiger partial charge in [0.2, 0.25) is 0 Å². The smallest absolute Gasteiger partial charge is 0.326 e. The first kappa shape index (κ1) is 15.6. The van der Waals surface area contributed by atoms with Crippen molar-refractivity contribution in [1.82, 2.24) is 10.6 Å². The Morgan fingerprint density at radius 2 is 2.21 bits per heavy atom. The second kappa shape index (κ2) is 7.88. The molecular formula is C11H18N2O5S. The van der Waals surface area contributed by atoms with Gasteiger partial charge in [-0.3, -0.25) is 4.79 Å². The third-order valence-electron chi connectivity index (χ3n) is 2.70. The first-order valence-corrected chi connectivity index (χ1v) is 7.12. The lowest BCUT2D eigenvalue weighted by Crippen LogP contribution is -2.50. The van der Waals surface area contributed by atoms with Crippen molar-refractivity contribution >= 4 is 29.7 Å². The number of methoxy groups -OCH3 is 1. The van der Waals surface area contributed by atoms with Crippen molar-refractivity contribution in [3.05, 3.63) is 0 Å². The summed E-state index contributed by atoms with van der Waals surface area (Å²) in [4.78, 5) is 33.6. The highest BCUT2D eigenvalue weighted by Crippen LogP contribution is 2.16. The van der Waals surface area contributed by atoms with Gasteiger partial charge >= 0.3 is 18.0 Å². The van der Waals surface area contributed by atoms with Gasteiger partial charge in [-0.15, -0.1) is 0 Å². The Labute approximate surface area is 115 Å². The van der Waals surface area contributed by atoms with E-state index >= 15 is 0 Å². The van der Waals surface area contributed by atoms with E-state index in [9.17, 15) is 14.4 Å². The zero-order valence-electron chi connectivity index (χ0n) is 10.7. The molecule has 1 rings (SSSR count). The second-order valence-electron chi connectivity index (χ2n) is 4.20. The number of hydrogen-bond acceptors (Lipinski definition) is 5. The maximum Gasteiger partial charge on any atom is 0.326 e. The van der Waals surface area contributed by atoms with Crippen molar-refractivity contribution < 1.29 is 24.2 Å². The molecule has 2 amide bonds. The third-order valence-corrected chi connectivity index (χ3v) is 3.91. The molecule has 19 heavy (non-hydrogen) atoms. The first-order valence-electron chi connectivity index (χ1n) is 5.97. The fourth-order valence-corrected chi connectivity index (χ4v) is 2.76. The number of amides is 2. The lowest BCUT2D eigenvalue weighted by molar-refractivity contribution is -0.147. The largest absolute Gasteiger partial charge is 0.480 e. The summed E-state index contributed by atoms with van der Waals surface area (Å²) in [6.45, 7) is 0. The van der Waals surface area contributed by atoms with Gasteiger partial charge in [-0.1, -0.05) is 0 Å². The Bertz CT molecular complexity index is 344. The van der Waals surface area contributed by atoms with E-state index in [1.165, 1.54) is 7.11 Å². The summed E-state index contributed by atoms with van der Waals surface area (Å²) in [6, 6.07) is -1.79. The van der Waals surface area contributed by atoms with Gasteiger partial charge in [-0.25, -0.2) is 9.59 Å². The molecule has 1 fully saturated rings. The highest BCUT2D eigenvalue weighted by molar-refractivity contribution is 7.99. The number of carbonyl (C=O) groups excluding carboxylic acids is 2. The van der Waals surface area contributed by atoms with Crippen LogP contribution in [0.2, 0.25) is 0 Å². The van der Waals surface area contributed by atoms with Crippen molar-refractivity contribution in [2.24, 2.45) is 0 Å². The molecule has 0 aromatic carbocycles. The Balaban J connectivity index is 2.41. The molecule has 1 aliphatic rings. The summed E-state index contributed by atoms with van der Waals surface area (Å²) in [7, 11) is 1.17. The Kier molecular flexibility index (Phi) is 6.48. The molecule has 0 aromatic heterocycles. The van der Waals surface area contributed by atoms with E-state index in [4.69, 9.17) is 5.11 Å². The number of carboxylic acids is 1. The van der Waals surface area contributed by atoms with Crippen LogP contribution in [0.15, 0.2) is 0 Å². The average molecular weight is 290 g/mol. The molecule has 0 bridgehead atoms. The van der Waals surface area contributed by atoms with Crippen molar-refractivity contribution in [2.75, 3.05) is 18.6 Å². The number of esters is 1. The molecule has 3 N–H and O–H groups in total. The molecule has 0 aliphatic carbocycles. The minimum absolute atomic E-state index is 0.0475. The maximum atomic E-state index is 11.6. The summed E-state index contributed by atoms with van der Waals surface area (Å²) in [5.41, 5.74) is 0. The van der Waals surface area contributed by atoms with Gasteiger partial charge < -0.3 is 20.5 Å². The second-order valence-corrected chi connectivity index (χ2v) is 5.35. The van der Waals surface area contributed by atoms with Crippen molar-refractivity contribution in [3.63, 3.8) is 0 Å². The molecule has 0 radical (unpaired) electrons. The number of rotatable bonds is 5. The number of ether oxygens (including phenoxy) is 1. The molecule has 1 saturated heterocycles. The van der Waals surface area contributed by atoms with E-state index in [1.807, 2.05) is 0 Å². The van der Waals surface area contributed by atoms with Gasteiger partial charge in [0.1, 0.15) is 6.04 Å². The van der Waals surface area contributed by atoms with Gasteiger partial charge in [0, 0.05) is 11.8 Å². The van der Waals surface area contributed by atoms with Crippen molar-refractivity contribution in [3.8, 4) is 0 Å². The van der Waals surface area contributed by atoms with Gasteiger partial charge in [0.15, 0.2) is 0 Å². The van der Waals surface area contributed by atoms with Crippen LogP contribution < -0.4 is 10.6 Å². The van der Waals surface area contributed by atoms with Gasteiger partial charge in [0.25, 0.3) is 0 Å². The van der Waals surface area contributed by atoms with Crippen LogP contribution in [0.4, 0.5) is 4.79 Å². The molecule has 1 aliphatic heterocycles. The fraction of sp³-hybridized carbons (Fsp3) is 0.727. The van der Waals surface area contributed by atoms with Crippen LogP contribution in [0.3, 0.4) is 0 Å². The van der Waals surface area contributed by atoms with Crippen LogP contribution in [-0.4, -0.2) is 53.8 Å². The van der Waals surface area contributed by atoms with Crippen LogP contribution in [-0.2, 0) is 14.3 Å².